The van der Waals surface area contributed by atoms with Gasteiger partial charge in [0, 0.05) is 13.1 Å². The summed E-state index contributed by atoms with van der Waals surface area (Å²) in [5.41, 5.74) is -0.804. The normalized spacial score (nSPS) is 23.8. The second-order valence-corrected chi connectivity index (χ2v) is 5.80. The Morgan fingerprint density at radius 1 is 1.44 bits per heavy atom. The van der Waals surface area contributed by atoms with Gasteiger partial charge in [-0.05, 0) is 19.3 Å². The van der Waals surface area contributed by atoms with Crippen molar-refractivity contribution >= 4 is 33.8 Å². The van der Waals surface area contributed by atoms with Crippen molar-refractivity contribution in [3.05, 3.63) is 0 Å². The summed E-state index contributed by atoms with van der Waals surface area (Å²) in [7, 11) is 0. The Labute approximate surface area is 114 Å². The zero-order valence-corrected chi connectivity index (χ0v) is 11.7. The van der Waals surface area contributed by atoms with Crippen molar-refractivity contribution in [2.24, 2.45) is 0 Å². The van der Waals surface area contributed by atoms with Crippen LogP contribution in [0, 0.1) is 0 Å². The van der Waals surface area contributed by atoms with Crippen molar-refractivity contribution in [3.63, 3.8) is 0 Å². The first-order valence-electron chi connectivity index (χ1n) is 6.05. The lowest BCUT2D eigenvalue weighted by atomic mass is 9.87. The molecule has 2 fully saturated rings. The molecule has 0 aromatic heterocycles. The van der Waals surface area contributed by atoms with Gasteiger partial charge in [0.05, 0.1) is 4.83 Å². The SMILES string of the molecule is CCC(Br)C(=O)N1CCC2(CC1)NC(=O)NC2=O. The Morgan fingerprint density at radius 2 is 2.06 bits per heavy atom. The van der Waals surface area contributed by atoms with Crippen LogP contribution in [0.15, 0.2) is 0 Å². The van der Waals surface area contributed by atoms with Crippen LogP contribution < -0.4 is 10.6 Å². The van der Waals surface area contributed by atoms with Gasteiger partial charge >= 0.3 is 6.03 Å². The standard InChI is InChI=1S/C11H16BrN3O3/c1-2-7(12)8(16)15-5-3-11(4-6-15)9(17)13-10(18)14-11/h7H,2-6H2,1H3,(H2,13,14,17,18). The zero-order chi connectivity index (χ0) is 13.3. The quantitative estimate of drug-likeness (QED) is 0.570. The van der Waals surface area contributed by atoms with E-state index in [0.717, 1.165) is 6.42 Å². The van der Waals surface area contributed by atoms with Gasteiger partial charge in [0.1, 0.15) is 5.54 Å². The number of hydrogen-bond donors (Lipinski definition) is 2. The van der Waals surface area contributed by atoms with Crippen LogP contribution in [0.3, 0.4) is 0 Å². The number of piperidine rings is 1. The molecule has 1 atom stereocenters. The Bertz CT molecular complexity index is 391. The topological polar surface area (TPSA) is 78.5 Å². The molecule has 2 rings (SSSR count). The summed E-state index contributed by atoms with van der Waals surface area (Å²) < 4.78 is 0. The van der Waals surface area contributed by atoms with Crippen molar-refractivity contribution in [3.8, 4) is 0 Å². The van der Waals surface area contributed by atoms with E-state index >= 15 is 0 Å². The molecule has 18 heavy (non-hydrogen) atoms. The molecule has 1 spiro atoms. The Balaban J connectivity index is 1.98. The first kappa shape index (κ1) is 13.3. The number of nitrogens with zero attached hydrogens (tertiary/aromatic N) is 1. The maximum Gasteiger partial charge on any atom is 0.322 e. The molecular weight excluding hydrogens is 302 g/mol. The largest absolute Gasteiger partial charge is 0.342 e. The van der Waals surface area contributed by atoms with E-state index in [1.807, 2.05) is 6.92 Å². The van der Waals surface area contributed by atoms with Gasteiger partial charge in [-0.3, -0.25) is 14.9 Å². The fourth-order valence-corrected chi connectivity index (χ4v) is 2.65. The summed E-state index contributed by atoms with van der Waals surface area (Å²) in [4.78, 5) is 36.4. The minimum atomic E-state index is -0.804. The lowest BCUT2D eigenvalue weighted by Crippen LogP contribution is -2.56. The molecular formula is C11H16BrN3O3. The maximum absolute atomic E-state index is 12.0. The van der Waals surface area contributed by atoms with Gasteiger partial charge in [0.15, 0.2) is 0 Å². The molecule has 7 heteroatoms. The summed E-state index contributed by atoms with van der Waals surface area (Å²) in [5.74, 6) is -0.220. The van der Waals surface area contributed by atoms with Crippen molar-refractivity contribution in [1.29, 1.82) is 0 Å². The van der Waals surface area contributed by atoms with E-state index < -0.39 is 11.6 Å². The van der Waals surface area contributed by atoms with E-state index in [-0.39, 0.29) is 16.6 Å². The molecule has 4 amide bonds. The van der Waals surface area contributed by atoms with Gasteiger partial charge in [-0.15, -0.1) is 0 Å². The van der Waals surface area contributed by atoms with Crippen LogP contribution in [0.1, 0.15) is 26.2 Å². The molecule has 2 N–H and O–H groups in total. The van der Waals surface area contributed by atoms with Crippen LogP contribution in [0.5, 0.6) is 0 Å². The van der Waals surface area contributed by atoms with Crippen molar-refractivity contribution in [2.75, 3.05) is 13.1 Å². The van der Waals surface area contributed by atoms with Crippen molar-refractivity contribution < 1.29 is 14.4 Å². The Morgan fingerprint density at radius 3 is 2.50 bits per heavy atom. The average molecular weight is 318 g/mol. The summed E-state index contributed by atoms with van der Waals surface area (Å²) in [6, 6.07) is -0.438. The smallest absolute Gasteiger partial charge is 0.322 e. The third kappa shape index (κ3) is 2.23. The fraction of sp³-hybridized carbons (Fsp3) is 0.727. The van der Waals surface area contributed by atoms with Crippen LogP contribution in [-0.2, 0) is 9.59 Å². The van der Waals surface area contributed by atoms with Crippen LogP contribution in [0.4, 0.5) is 4.79 Å². The number of halogens is 1. The van der Waals surface area contributed by atoms with Crippen LogP contribution in [-0.4, -0.2) is 46.2 Å². The number of imide groups is 1. The molecule has 2 aliphatic rings. The van der Waals surface area contributed by atoms with Crippen LogP contribution in [0.25, 0.3) is 0 Å². The summed E-state index contributed by atoms with van der Waals surface area (Å²) in [6.45, 7) is 2.93. The molecule has 0 bridgehead atoms. The van der Waals surface area contributed by atoms with E-state index in [4.69, 9.17) is 0 Å². The first-order valence-corrected chi connectivity index (χ1v) is 6.96. The number of rotatable bonds is 2. The average Bonchev–Trinajstić information content (AvgIpc) is 2.63. The molecule has 0 saturated carbocycles. The van der Waals surface area contributed by atoms with E-state index in [0.29, 0.717) is 25.9 Å². The first-order chi connectivity index (χ1) is 8.48. The number of alkyl halides is 1. The molecule has 100 valence electrons. The summed E-state index contributed by atoms with van der Waals surface area (Å²) in [5, 5.41) is 4.93. The second kappa shape index (κ2) is 4.87. The second-order valence-electron chi connectivity index (χ2n) is 4.69. The molecule has 2 saturated heterocycles. The molecule has 0 aliphatic carbocycles. The van der Waals surface area contributed by atoms with Gasteiger partial charge in [0.25, 0.3) is 5.91 Å². The highest BCUT2D eigenvalue weighted by molar-refractivity contribution is 9.10. The number of hydrogen-bond acceptors (Lipinski definition) is 3. The van der Waals surface area contributed by atoms with Gasteiger partial charge in [-0.2, -0.15) is 0 Å². The molecule has 1 unspecified atom stereocenters. The van der Waals surface area contributed by atoms with Gasteiger partial charge in [0.2, 0.25) is 5.91 Å². The minimum absolute atomic E-state index is 0.0529. The molecule has 0 radical (unpaired) electrons. The molecule has 0 aromatic rings. The monoisotopic (exact) mass is 317 g/mol. The lowest BCUT2D eigenvalue weighted by Gasteiger charge is -2.37. The van der Waals surface area contributed by atoms with Gasteiger partial charge in [-0.1, -0.05) is 22.9 Å². The minimum Gasteiger partial charge on any atom is -0.342 e. The Hall–Kier alpha value is -1.11. The molecule has 2 heterocycles. The highest BCUT2D eigenvalue weighted by atomic mass is 79.9. The predicted molar refractivity (Wildman–Crippen MR) is 68.2 cm³/mol. The van der Waals surface area contributed by atoms with E-state index in [1.165, 1.54) is 0 Å². The van der Waals surface area contributed by atoms with Crippen molar-refractivity contribution in [1.82, 2.24) is 15.5 Å². The van der Waals surface area contributed by atoms with E-state index in [9.17, 15) is 14.4 Å². The van der Waals surface area contributed by atoms with Gasteiger partial charge < -0.3 is 10.2 Å². The highest BCUT2D eigenvalue weighted by Crippen LogP contribution is 2.26. The van der Waals surface area contributed by atoms with E-state index in [2.05, 4.69) is 26.6 Å². The predicted octanol–water partition coefficient (Wildman–Crippen LogP) is 0.361. The zero-order valence-electron chi connectivity index (χ0n) is 10.2. The van der Waals surface area contributed by atoms with E-state index in [1.54, 1.807) is 4.90 Å². The number of carbonyl (C=O) groups is 3. The molecule has 2 aliphatic heterocycles. The molecule has 0 aromatic carbocycles. The number of likely N-dealkylation sites (tertiary alicyclic amines) is 1. The van der Waals surface area contributed by atoms with Crippen LogP contribution >= 0.6 is 15.9 Å². The third-order valence-corrected chi connectivity index (χ3v) is 4.61. The lowest BCUT2D eigenvalue weighted by molar-refractivity contribution is -0.135. The fourth-order valence-electron chi connectivity index (χ4n) is 2.36. The number of amides is 4. The number of urea groups is 1. The summed E-state index contributed by atoms with van der Waals surface area (Å²) in [6.07, 6.45) is 1.68. The number of nitrogens with one attached hydrogen (secondary N) is 2. The number of carbonyl (C=O) groups excluding carboxylic acids is 3. The van der Waals surface area contributed by atoms with Crippen molar-refractivity contribution in [2.45, 2.75) is 36.6 Å². The Kier molecular flexibility index (Phi) is 3.61. The van der Waals surface area contributed by atoms with Crippen LogP contribution in [0.2, 0.25) is 0 Å². The summed E-state index contributed by atoms with van der Waals surface area (Å²) >= 11 is 3.33. The highest BCUT2D eigenvalue weighted by Gasteiger charge is 2.48. The maximum atomic E-state index is 12.0. The molecule has 6 nitrogen and oxygen atoms in total. The van der Waals surface area contributed by atoms with Gasteiger partial charge in [-0.25, -0.2) is 4.79 Å². The third-order valence-electron chi connectivity index (χ3n) is 3.57.